The molecule has 3 aromatic rings. The molecule has 0 radical (unpaired) electrons. The van der Waals surface area contributed by atoms with Crippen molar-refractivity contribution >= 4 is 23.6 Å². The molecule has 0 aromatic carbocycles. The molecule has 8 saturated heterocycles. The van der Waals surface area contributed by atoms with Crippen LogP contribution in [-0.2, 0) is 182 Å². The van der Waals surface area contributed by atoms with Crippen LogP contribution in [0, 0.1) is 0 Å². The van der Waals surface area contributed by atoms with Crippen molar-refractivity contribution in [2.24, 2.45) is 5.73 Å². The average molecular weight is 1770 g/mol. The normalized spacial score (nSPS) is 28.1. The average Bonchev–Trinajstić information content (AvgIpc) is 1.57. The van der Waals surface area contributed by atoms with Crippen LogP contribution >= 0.6 is 0 Å². The van der Waals surface area contributed by atoms with Gasteiger partial charge in [0.15, 0.2) is 36.2 Å². The van der Waals surface area contributed by atoms with E-state index < -0.39 is 113 Å². The molecule has 704 valence electrons. The molecule has 4 amide bonds. The first-order valence-corrected chi connectivity index (χ1v) is 42.8. The van der Waals surface area contributed by atoms with Crippen LogP contribution in [-0.4, -0.2) is 385 Å². The summed E-state index contributed by atoms with van der Waals surface area (Å²) in [7, 11) is 0. The first-order chi connectivity index (χ1) is 59.7. The Balaban J connectivity index is 0.577. The highest BCUT2D eigenvalue weighted by Crippen LogP contribution is 2.49. The van der Waals surface area contributed by atoms with Gasteiger partial charge in [-0.15, -0.1) is 15.3 Å². The van der Waals surface area contributed by atoms with Gasteiger partial charge in [0.25, 0.3) is 0 Å². The van der Waals surface area contributed by atoms with Crippen LogP contribution in [0.2, 0.25) is 0 Å². The number of aromatic nitrogens is 9. The molecule has 11 rings (SSSR count). The fraction of sp³-hybridized carbons (Fsp3) is 0.873. The van der Waals surface area contributed by atoms with Gasteiger partial charge in [-0.1, -0.05) is 22.1 Å². The quantitative estimate of drug-likeness (QED) is 0.0347. The van der Waals surface area contributed by atoms with E-state index in [1.807, 2.05) is 27.7 Å². The summed E-state index contributed by atoms with van der Waals surface area (Å²) >= 11 is 0. The monoisotopic (exact) mass is 1770 g/mol. The molecule has 3 aromatic heterocycles. The summed E-state index contributed by atoms with van der Waals surface area (Å²) in [5.74, 6) is -3.69. The van der Waals surface area contributed by atoms with Crippen LogP contribution < -0.4 is 27.0 Å². The molecule has 45 heteroatoms. The van der Waals surface area contributed by atoms with Gasteiger partial charge in [-0.3, -0.25) is 19.2 Å². The Bertz CT molecular complexity index is 3530. The summed E-state index contributed by atoms with van der Waals surface area (Å²) in [6.07, 6.45) is 1.75. The lowest BCUT2D eigenvalue weighted by molar-refractivity contribution is -0.279. The van der Waals surface area contributed by atoms with Gasteiger partial charge in [0.1, 0.15) is 94.2 Å². The zero-order valence-electron chi connectivity index (χ0n) is 73.2. The van der Waals surface area contributed by atoms with Crippen molar-refractivity contribution in [1.82, 2.24) is 66.2 Å². The highest BCUT2D eigenvalue weighted by molar-refractivity contribution is 5.77. The minimum Gasteiger partial charge on any atom is -0.377 e. The largest absolute Gasteiger partial charge is 0.377 e. The second-order valence-electron chi connectivity index (χ2n) is 33.3. The number of carbonyl (C=O) groups excluding carboxylic acids is 4. The predicted molar refractivity (Wildman–Crippen MR) is 424 cm³/mol. The van der Waals surface area contributed by atoms with Crippen LogP contribution in [0.3, 0.4) is 0 Å². The number of rotatable bonds is 63. The number of hydrogen-bond acceptors (Lipinski definition) is 38. The van der Waals surface area contributed by atoms with E-state index in [0.717, 1.165) is 12.8 Å². The van der Waals surface area contributed by atoms with E-state index in [1.54, 1.807) is 53.4 Å². The van der Waals surface area contributed by atoms with Gasteiger partial charge in [-0.25, -0.2) is 14.0 Å². The summed E-state index contributed by atoms with van der Waals surface area (Å²) in [6.45, 7) is 26.3. The Hall–Kier alpha value is -5.82. The number of fused-ring (bicyclic) bond motifs is 9. The molecule has 45 nitrogen and oxygen atoms in total. The molecular formula is C79H132N14O31. The topological polar surface area (TPSA) is 495 Å². The molecule has 124 heavy (non-hydrogen) atoms. The summed E-state index contributed by atoms with van der Waals surface area (Å²) in [6, 6.07) is -1.84. The van der Waals surface area contributed by atoms with Gasteiger partial charge in [-0.05, 0) is 67.9 Å². The minimum atomic E-state index is -1.33. The molecular weight excluding hydrogens is 1640 g/mol. The number of amides is 4. The molecule has 4 bridgehead atoms. The summed E-state index contributed by atoms with van der Waals surface area (Å²) < 4.78 is 161. The number of hydrogen-bond donors (Lipinski definition) is 6. The van der Waals surface area contributed by atoms with Crippen LogP contribution in [0.25, 0.3) is 0 Å². The zero-order valence-corrected chi connectivity index (χ0v) is 73.2. The number of nitrogens with two attached hydrogens (primary N) is 1. The first kappa shape index (κ1) is 98.8. The first-order valence-electron chi connectivity index (χ1n) is 42.8. The van der Waals surface area contributed by atoms with Crippen LogP contribution in [0.4, 0.5) is 0 Å². The Labute approximate surface area is 721 Å². The maximum atomic E-state index is 13.9. The van der Waals surface area contributed by atoms with Crippen molar-refractivity contribution in [2.75, 3.05) is 198 Å². The van der Waals surface area contributed by atoms with Crippen molar-refractivity contribution < 1.29 is 147 Å². The van der Waals surface area contributed by atoms with E-state index in [2.05, 4.69) is 52.2 Å². The van der Waals surface area contributed by atoms with Crippen molar-refractivity contribution in [3.8, 4) is 0 Å². The summed E-state index contributed by atoms with van der Waals surface area (Å²) in [4.78, 5) is 49.8. The molecule has 8 aliphatic rings. The predicted octanol–water partition coefficient (Wildman–Crippen LogP) is -1.58. The maximum Gasteiger partial charge on any atom is 0.220 e. The number of carbonyl (C=O) groups is 4. The van der Waals surface area contributed by atoms with E-state index in [1.165, 1.54) is 20.8 Å². The lowest BCUT2D eigenvalue weighted by Gasteiger charge is -2.46. The Morgan fingerprint density at radius 1 is 0.419 bits per heavy atom. The third kappa shape index (κ3) is 29.9. The number of aliphatic hydroxyl groups is 1. The molecule has 0 saturated carbocycles. The third-order valence-electron chi connectivity index (χ3n) is 21.1. The lowest BCUT2D eigenvalue weighted by atomic mass is 9.87. The molecule has 0 aliphatic carbocycles. The van der Waals surface area contributed by atoms with E-state index in [9.17, 15) is 24.3 Å². The fourth-order valence-electron chi connectivity index (χ4n) is 15.6. The second kappa shape index (κ2) is 48.2. The number of unbranched alkanes of at least 4 members (excludes halogenated alkanes) is 2. The number of ether oxygens (including phenoxy) is 26. The van der Waals surface area contributed by atoms with Crippen molar-refractivity contribution in [3.63, 3.8) is 0 Å². The van der Waals surface area contributed by atoms with Crippen molar-refractivity contribution in [2.45, 2.75) is 248 Å². The van der Waals surface area contributed by atoms with E-state index in [4.69, 9.17) is 129 Å². The van der Waals surface area contributed by atoms with Crippen molar-refractivity contribution in [3.05, 3.63) is 35.7 Å². The molecule has 8 fully saturated rings. The summed E-state index contributed by atoms with van der Waals surface area (Å²) in [5, 5.41) is 48.4. The van der Waals surface area contributed by atoms with E-state index in [-0.39, 0.29) is 116 Å². The highest BCUT2D eigenvalue weighted by atomic mass is 16.8. The van der Waals surface area contributed by atoms with E-state index in [0.29, 0.717) is 175 Å². The Morgan fingerprint density at radius 3 is 1.11 bits per heavy atom. The SMILES string of the molecule is CC(=O)N[C@@H]1[C@H]2OC(C)(C)O[C@H]2[C@@](C)(COCCOCCOCCOCCn2cc(COCC(COCc3cn(CCOCCOCCOCCOC[C@@]45CO[C@@H](O4)[C@H](NC(C)=O)[C@H]4OC(C)(C)O[C@H]45)nn3)(COCc3cn(CCOCCOCCOCCOC[C@@]45CO[C@@H](O4)[C@H](NC(C)=O)[C@H]4OC(C)(C)O[C@H]45)nn3)NC(=O)CCCCCN)nn2)O[C@@H]1O. The second-order valence-corrected chi connectivity index (χ2v) is 33.3. The molecule has 0 spiro atoms. The van der Waals surface area contributed by atoms with E-state index >= 15 is 0 Å². The van der Waals surface area contributed by atoms with Gasteiger partial charge in [-0.2, -0.15) is 0 Å². The van der Waals surface area contributed by atoms with Gasteiger partial charge in [0.2, 0.25) is 23.6 Å². The number of aliphatic hydroxyl groups excluding tert-OH is 1. The number of nitrogens with zero attached hydrogens (tertiary/aromatic N) is 9. The molecule has 11 heterocycles. The Morgan fingerprint density at radius 2 is 0.750 bits per heavy atom. The molecule has 8 aliphatic heterocycles. The minimum absolute atomic E-state index is 0.0302. The Kier molecular flexibility index (Phi) is 38.4. The van der Waals surface area contributed by atoms with Gasteiger partial charge in [0.05, 0.1) is 250 Å². The van der Waals surface area contributed by atoms with Crippen molar-refractivity contribution in [1.29, 1.82) is 0 Å². The standard InChI is InChI=1S/C79H132N14O31/c1-54(94)81-61-64-67(119-73(4,5)116-64)76(10,122-70(61)98)46-108-37-34-105-31-28-102-25-22-99-19-16-91-40-57(85-88-91)43-111-47-77(84-60(97)14-12-11-13-15-80,48-112-44-58-41-92(89-86-58)17-20-100-23-26-103-29-32-106-35-38-109-50-78-52-114-71(123-78)62(82-55(2)95)65-68(78)120-74(6,7)117-65)49-113-45-59-42-93(90-87-59)18-21-101-24-27-104-30-33-107-36-39-110-51-79-53-115-72(124-79)63(83-56(3)96)66-69(79)121-75(8,9)118-66/h40-42,61-72,98H,11-39,43-53,80H2,1-10H3,(H,81,94)(H,82,95)(H,83,96)(H,84,97)/t61-,62-,63-,64-,65-,66-,67-,68-,69-,70+,71+,72+,76-,78+,79+/m1/s1. The zero-order chi connectivity index (χ0) is 88.1. The molecule has 7 N–H and O–H groups in total. The molecule has 15 atom stereocenters. The van der Waals surface area contributed by atoms with Crippen LogP contribution in [0.1, 0.15) is 112 Å². The van der Waals surface area contributed by atoms with Crippen LogP contribution in [0.15, 0.2) is 18.6 Å². The maximum absolute atomic E-state index is 13.9. The highest BCUT2D eigenvalue weighted by Gasteiger charge is 2.68. The van der Waals surface area contributed by atoms with Gasteiger partial charge >= 0.3 is 0 Å². The smallest absolute Gasteiger partial charge is 0.220 e. The van der Waals surface area contributed by atoms with Crippen LogP contribution in [0.5, 0.6) is 0 Å². The summed E-state index contributed by atoms with van der Waals surface area (Å²) in [5.41, 5.74) is 3.33. The number of nitrogens with one attached hydrogen (secondary N) is 4. The lowest BCUT2D eigenvalue weighted by Crippen LogP contribution is -2.67. The molecule has 0 unspecified atom stereocenters. The third-order valence-corrected chi connectivity index (χ3v) is 21.1. The van der Waals surface area contributed by atoms with Gasteiger partial charge < -0.3 is 155 Å². The fourth-order valence-corrected chi connectivity index (χ4v) is 15.6. The van der Waals surface area contributed by atoms with Gasteiger partial charge in [0, 0.05) is 27.2 Å².